The Hall–Kier alpha value is -1.18. The molecule has 1 aromatic heterocycles. The number of benzene rings is 1. The van der Waals surface area contributed by atoms with Gasteiger partial charge in [0.1, 0.15) is 3.92 Å². The Morgan fingerprint density at radius 2 is 2.03 bits per heavy atom. The van der Waals surface area contributed by atoms with E-state index in [1.54, 1.807) is 29.2 Å². The van der Waals surface area contributed by atoms with Gasteiger partial charge < -0.3 is 14.6 Å². The zero-order chi connectivity index (χ0) is 22.2. The van der Waals surface area contributed by atoms with Crippen LogP contribution in [0.15, 0.2) is 46.2 Å². The number of hydrogen-bond donors (Lipinski definition) is 1. The lowest BCUT2D eigenvalue weighted by Crippen LogP contribution is -2.46. The largest absolute Gasteiger partial charge is 0.378 e. The fraction of sp³-hybridized carbons (Fsp3) is 0.350. The van der Waals surface area contributed by atoms with Crippen LogP contribution in [0, 0.1) is 0 Å². The number of nitrogens with two attached hydrogens (primary N) is 1. The average Bonchev–Trinajstić information content (AvgIpc) is 3.17. The molecule has 166 valence electrons. The number of morpholine rings is 1. The van der Waals surface area contributed by atoms with Crippen molar-refractivity contribution in [2.24, 2.45) is 5.84 Å². The first kappa shape index (κ1) is 23.0. The summed E-state index contributed by atoms with van der Waals surface area (Å²) >= 11 is 9.56. The number of ether oxygens (including phenoxy) is 1. The van der Waals surface area contributed by atoms with Crippen molar-refractivity contribution in [1.29, 1.82) is 0 Å². The SMILES string of the molecule is NN(Cc1cc(Cl)cs1)C1=C(C(I)C(=O)N2CCOCC2)CS(=O)(=O)c2ccccc21. The first-order valence-corrected chi connectivity index (χ1v) is 13.7. The smallest absolute Gasteiger partial charge is 0.239 e. The van der Waals surface area contributed by atoms with Crippen molar-refractivity contribution < 1.29 is 17.9 Å². The third kappa shape index (κ3) is 4.79. The van der Waals surface area contributed by atoms with E-state index in [-0.39, 0.29) is 16.6 Å². The second kappa shape index (κ2) is 9.36. The van der Waals surface area contributed by atoms with Gasteiger partial charge in [-0.05, 0) is 17.7 Å². The van der Waals surface area contributed by atoms with Gasteiger partial charge in [-0.1, -0.05) is 52.4 Å². The third-order valence-electron chi connectivity index (χ3n) is 5.21. The predicted octanol–water partition coefficient (Wildman–Crippen LogP) is 2.94. The minimum atomic E-state index is -3.59. The van der Waals surface area contributed by atoms with Gasteiger partial charge in [0, 0.05) is 28.9 Å². The maximum atomic E-state index is 13.2. The van der Waals surface area contributed by atoms with E-state index in [9.17, 15) is 13.2 Å². The predicted molar refractivity (Wildman–Crippen MR) is 130 cm³/mol. The molecule has 7 nitrogen and oxygen atoms in total. The Kier molecular flexibility index (Phi) is 6.94. The third-order valence-corrected chi connectivity index (χ3v) is 9.48. The summed E-state index contributed by atoms with van der Waals surface area (Å²) in [6, 6.07) is 8.63. The number of halogens is 2. The first-order valence-electron chi connectivity index (χ1n) is 9.59. The highest BCUT2D eigenvalue weighted by atomic mass is 127. The monoisotopic (exact) mass is 593 g/mol. The van der Waals surface area contributed by atoms with Crippen molar-refractivity contribution >= 4 is 67.0 Å². The second-order valence-electron chi connectivity index (χ2n) is 7.29. The van der Waals surface area contributed by atoms with Gasteiger partial charge in [0.05, 0.1) is 41.1 Å². The number of fused-ring (bicyclic) bond motifs is 1. The Labute approximate surface area is 203 Å². The molecule has 1 saturated heterocycles. The molecular weight excluding hydrogens is 573 g/mol. The number of nitrogens with zero attached hydrogens (tertiary/aromatic N) is 2. The van der Waals surface area contributed by atoms with Gasteiger partial charge in [-0.3, -0.25) is 4.79 Å². The van der Waals surface area contributed by atoms with Gasteiger partial charge in [-0.25, -0.2) is 14.3 Å². The summed E-state index contributed by atoms with van der Waals surface area (Å²) in [6.45, 7) is 2.28. The van der Waals surface area contributed by atoms with E-state index in [0.29, 0.717) is 54.7 Å². The van der Waals surface area contributed by atoms with E-state index in [1.165, 1.54) is 16.3 Å². The summed E-state index contributed by atoms with van der Waals surface area (Å²) in [5, 5.41) is 3.98. The highest BCUT2D eigenvalue weighted by Gasteiger charge is 2.38. The van der Waals surface area contributed by atoms with Crippen molar-refractivity contribution in [3.05, 3.63) is 56.7 Å². The number of hydrogen-bond acceptors (Lipinski definition) is 7. The van der Waals surface area contributed by atoms with Gasteiger partial charge in [-0.2, -0.15) is 0 Å². The number of hydrazine groups is 1. The molecule has 11 heteroatoms. The van der Waals surface area contributed by atoms with Crippen LogP contribution in [0.1, 0.15) is 10.4 Å². The van der Waals surface area contributed by atoms with Crippen LogP contribution >= 0.6 is 45.5 Å². The molecule has 0 aliphatic carbocycles. The van der Waals surface area contributed by atoms with Gasteiger partial charge in [0.2, 0.25) is 5.91 Å². The van der Waals surface area contributed by atoms with Crippen LogP contribution in [-0.4, -0.2) is 60.2 Å². The molecule has 3 heterocycles. The van der Waals surface area contributed by atoms with Crippen molar-refractivity contribution in [3.63, 3.8) is 0 Å². The molecule has 0 spiro atoms. The molecule has 2 aromatic rings. The molecule has 1 fully saturated rings. The van der Waals surface area contributed by atoms with Gasteiger partial charge in [0.25, 0.3) is 0 Å². The Morgan fingerprint density at radius 1 is 1.32 bits per heavy atom. The van der Waals surface area contributed by atoms with Crippen LogP contribution in [-0.2, 0) is 25.9 Å². The molecule has 2 aliphatic heterocycles. The first-order chi connectivity index (χ1) is 14.8. The average molecular weight is 594 g/mol. The standard InChI is InChI=1S/C20H21ClIN3O4S2/c21-13-9-14(30-11-13)10-25(23)19-15-3-1-2-4-17(15)31(27,28)12-16(19)18(22)20(26)24-5-7-29-8-6-24/h1-4,9,11,18H,5-8,10,12,23H2. The van der Waals surface area contributed by atoms with E-state index in [0.717, 1.165) is 4.88 Å². The highest BCUT2D eigenvalue weighted by Crippen LogP contribution is 2.39. The number of carbonyl (C=O) groups excluding carboxylic acids is 1. The molecule has 1 aromatic carbocycles. The maximum Gasteiger partial charge on any atom is 0.239 e. The lowest BCUT2D eigenvalue weighted by atomic mass is 10.0. The zero-order valence-electron chi connectivity index (χ0n) is 16.5. The molecule has 0 bridgehead atoms. The van der Waals surface area contributed by atoms with Gasteiger partial charge in [-0.15, -0.1) is 11.3 Å². The molecule has 0 radical (unpaired) electrons. The fourth-order valence-corrected chi connectivity index (χ4v) is 7.70. The Bertz CT molecular complexity index is 1130. The molecule has 1 atom stereocenters. The van der Waals surface area contributed by atoms with E-state index in [4.69, 9.17) is 22.2 Å². The maximum absolute atomic E-state index is 13.2. The number of alkyl halides is 1. The van der Waals surface area contributed by atoms with E-state index in [1.807, 2.05) is 34.0 Å². The summed E-state index contributed by atoms with van der Waals surface area (Å²) in [4.78, 5) is 16.1. The molecule has 2 N–H and O–H groups in total. The summed E-state index contributed by atoms with van der Waals surface area (Å²) in [6.07, 6.45) is 0. The lowest BCUT2D eigenvalue weighted by molar-refractivity contribution is -0.133. The number of rotatable bonds is 5. The minimum Gasteiger partial charge on any atom is -0.378 e. The van der Waals surface area contributed by atoms with Crippen molar-refractivity contribution in [3.8, 4) is 0 Å². The van der Waals surface area contributed by atoms with E-state index < -0.39 is 13.8 Å². The van der Waals surface area contributed by atoms with Gasteiger partial charge in [0.15, 0.2) is 9.84 Å². The molecular formula is C20H21ClIN3O4S2. The lowest BCUT2D eigenvalue weighted by Gasteiger charge is -2.34. The summed E-state index contributed by atoms with van der Waals surface area (Å²) in [5.74, 6) is 6.12. The normalized spacial score (nSPS) is 19.1. The van der Waals surface area contributed by atoms with E-state index >= 15 is 0 Å². The summed E-state index contributed by atoms with van der Waals surface area (Å²) < 4.78 is 30.8. The van der Waals surface area contributed by atoms with Crippen LogP contribution in [0.3, 0.4) is 0 Å². The van der Waals surface area contributed by atoms with Crippen LogP contribution in [0.25, 0.3) is 5.70 Å². The van der Waals surface area contributed by atoms with Crippen molar-refractivity contribution in [1.82, 2.24) is 9.91 Å². The molecule has 1 amide bonds. The number of amides is 1. The number of thiophene rings is 1. The van der Waals surface area contributed by atoms with Crippen molar-refractivity contribution in [2.45, 2.75) is 15.4 Å². The molecule has 31 heavy (non-hydrogen) atoms. The Morgan fingerprint density at radius 3 is 2.71 bits per heavy atom. The van der Waals surface area contributed by atoms with Crippen molar-refractivity contribution in [2.75, 3.05) is 32.1 Å². The van der Waals surface area contributed by atoms with Crippen LogP contribution < -0.4 is 5.84 Å². The topological polar surface area (TPSA) is 92.9 Å². The quantitative estimate of drug-likeness (QED) is 0.248. The number of sulfone groups is 1. The van der Waals surface area contributed by atoms with Crippen LogP contribution in [0.4, 0.5) is 0 Å². The van der Waals surface area contributed by atoms with E-state index in [2.05, 4.69) is 0 Å². The Balaban J connectivity index is 1.78. The summed E-state index contributed by atoms with van der Waals surface area (Å²) in [5.41, 5.74) is 1.60. The fourth-order valence-electron chi connectivity index (χ4n) is 3.77. The van der Waals surface area contributed by atoms with Gasteiger partial charge >= 0.3 is 0 Å². The molecule has 2 aliphatic rings. The molecule has 4 rings (SSSR count). The van der Waals surface area contributed by atoms with Crippen LogP contribution in [0.2, 0.25) is 5.02 Å². The highest BCUT2D eigenvalue weighted by molar-refractivity contribution is 14.1. The molecule has 0 saturated carbocycles. The minimum absolute atomic E-state index is 0.126. The zero-order valence-corrected chi connectivity index (χ0v) is 21.0. The number of carbonyl (C=O) groups is 1. The molecule has 1 unspecified atom stereocenters. The second-order valence-corrected chi connectivity index (χ2v) is 11.9. The summed E-state index contributed by atoms with van der Waals surface area (Å²) in [7, 11) is -3.59. The van der Waals surface area contributed by atoms with Crippen LogP contribution in [0.5, 0.6) is 0 Å².